The van der Waals surface area contributed by atoms with Gasteiger partial charge in [-0.1, -0.05) is 6.42 Å². The molecule has 24 heavy (non-hydrogen) atoms. The van der Waals surface area contributed by atoms with E-state index in [0.717, 1.165) is 35.2 Å². The molecule has 0 aliphatic heterocycles. The number of anilines is 1. The molecule has 0 unspecified atom stereocenters. The molecule has 1 N–H and O–H groups in total. The lowest BCUT2D eigenvalue weighted by molar-refractivity contribution is -0.123. The molecule has 4 rings (SSSR count). The number of carbonyl (C=O) groups is 1. The molecule has 124 valence electrons. The van der Waals surface area contributed by atoms with Gasteiger partial charge in [0.1, 0.15) is 21.4 Å². The monoisotopic (exact) mass is 343 g/mol. The van der Waals surface area contributed by atoms with Gasteiger partial charge in [-0.2, -0.15) is 0 Å². The molecular weight excluding hydrogens is 326 g/mol. The second-order valence-electron chi connectivity index (χ2n) is 6.21. The molecule has 0 radical (unpaired) electrons. The minimum absolute atomic E-state index is 0.0111. The van der Waals surface area contributed by atoms with Gasteiger partial charge in [0.05, 0.1) is 11.1 Å². The number of thiophene rings is 1. The molecule has 0 spiro atoms. The first-order valence-corrected chi connectivity index (χ1v) is 8.65. The van der Waals surface area contributed by atoms with Crippen LogP contribution in [0.1, 0.15) is 19.3 Å². The Balaban J connectivity index is 1.84. The second-order valence-corrected chi connectivity index (χ2v) is 7.21. The first-order valence-electron chi connectivity index (χ1n) is 7.83. The van der Waals surface area contributed by atoms with Crippen molar-refractivity contribution in [3.63, 3.8) is 0 Å². The molecule has 8 heteroatoms. The number of nitrogens with one attached hydrogen (secondary N) is 1. The van der Waals surface area contributed by atoms with Gasteiger partial charge in [-0.25, -0.2) is 14.6 Å². The zero-order valence-electron chi connectivity index (χ0n) is 13.4. The fourth-order valence-electron chi connectivity index (χ4n) is 2.87. The molecule has 1 amide bonds. The maximum absolute atomic E-state index is 12.7. The van der Waals surface area contributed by atoms with Gasteiger partial charge in [0.15, 0.2) is 0 Å². The lowest BCUT2D eigenvalue weighted by Crippen LogP contribution is -2.38. The van der Waals surface area contributed by atoms with E-state index in [1.807, 2.05) is 25.1 Å². The van der Waals surface area contributed by atoms with E-state index in [0.29, 0.717) is 10.2 Å². The van der Waals surface area contributed by atoms with Crippen molar-refractivity contribution in [2.45, 2.75) is 19.3 Å². The lowest BCUT2D eigenvalue weighted by atomic mass is 9.85. The Kier molecular flexibility index (Phi) is 3.49. The summed E-state index contributed by atoms with van der Waals surface area (Å²) in [6.45, 7) is 0. The van der Waals surface area contributed by atoms with Gasteiger partial charge in [-0.05, 0) is 18.9 Å². The van der Waals surface area contributed by atoms with Gasteiger partial charge in [0.2, 0.25) is 5.91 Å². The fraction of sp³-hybridized carbons (Fsp3) is 0.375. The lowest BCUT2D eigenvalue weighted by Gasteiger charge is -2.24. The normalized spacial score (nSPS) is 14.8. The van der Waals surface area contributed by atoms with Crippen molar-refractivity contribution in [2.75, 3.05) is 24.4 Å². The number of aromatic nitrogens is 3. The number of pyridine rings is 1. The summed E-state index contributed by atoms with van der Waals surface area (Å²) in [6, 6.07) is 1.90. The number of fused-ring (bicyclic) bond motifs is 3. The van der Waals surface area contributed by atoms with Crippen LogP contribution in [0, 0.1) is 5.92 Å². The largest absolute Gasteiger partial charge is 0.377 e. The van der Waals surface area contributed by atoms with E-state index in [9.17, 15) is 9.59 Å². The van der Waals surface area contributed by atoms with Crippen LogP contribution in [0.3, 0.4) is 0 Å². The Hall–Kier alpha value is -2.48. The number of carbonyl (C=O) groups excluding carboxylic acids is 1. The number of amides is 1. The van der Waals surface area contributed by atoms with Gasteiger partial charge >= 0.3 is 0 Å². The number of hydrogen-bond donors (Lipinski definition) is 1. The highest BCUT2D eigenvalue weighted by molar-refractivity contribution is 7.25. The van der Waals surface area contributed by atoms with E-state index in [1.54, 1.807) is 6.20 Å². The average molecular weight is 343 g/mol. The first kappa shape index (κ1) is 15.1. The van der Waals surface area contributed by atoms with Crippen LogP contribution in [-0.4, -0.2) is 34.6 Å². The highest BCUT2D eigenvalue weighted by Gasteiger charge is 2.26. The summed E-state index contributed by atoms with van der Waals surface area (Å²) >= 11 is 1.30. The van der Waals surface area contributed by atoms with Gasteiger partial charge in [-0.3, -0.25) is 15.0 Å². The molecule has 1 aliphatic carbocycles. The number of rotatable bonds is 3. The van der Waals surface area contributed by atoms with Crippen LogP contribution in [0.2, 0.25) is 0 Å². The van der Waals surface area contributed by atoms with Crippen molar-refractivity contribution in [2.24, 2.45) is 5.92 Å². The summed E-state index contributed by atoms with van der Waals surface area (Å²) in [5.74, 6) is -0.102. The van der Waals surface area contributed by atoms with Crippen molar-refractivity contribution < 1.29 is 4.79 Å². The van der Waals surface area contributed by atoms with E-state index in [1.165, 1.54) is 22.3 Å². The zero-order chi connectivity index (χ0) is 16.8. The molecule has 0 aromatic carbocycles. The van der Waals surface area contributed by atoms with Crippen LogP contribution in [0.15, 0.2) is 23.4 Å². The second kappa shape index (κ2) is 5.55. The molecule has 1 saturated carbocycles. The van der Waals surface area contributed by atoms with Crippen LogP contribution in [0.25, 0.3) is 20.4 Å². The van der Waals surface area contributed by atoms with E-state index >= 15 is 0 Å². The van der Waals surface area contributed by atoms with Gasteiger partial charge in [0.25, 0.3) is 5.56 Å². The quantitative estimate of drug-likeness (QED) is 0.786. The maximum Gasteiger partial charge on any atom is 0.290 e. The van der Waals surface area contributed by atoms with Crippen molar-refractivity contribution in [1.82, 2.24) is 14.6 Å². The summed E-state index contributed by atoms with van der Waals surface area (Å²) in [4.78, 5) is 36.3. The van der Waals surface area contributed by atoms with E-state index in [4.69, 9.17) is 0 Å². The third-order valence-corrected chi connectivity index (χ3v) is 5.52. The maximum atomic E-state index is 12.7. The van der Waals surface area contributed by atoms with E-state index in [-0.39, 0.29) is 17.4 Å². The van der Waals surface area contributed by atoms with Crippen LogP contribution in [0.5, 0.6) is 0 Å². The first-order chi connectivity index (χ1) is 11.6. The minimum Gasteiger partial charge on any atom is -0.377 e. The molecule has 3 heterocycles. The summed E-state index contributed by atoms with van der Waals surface area (Å²) in [7, 11) is 3.89. The van der Waals surface area contributed by atoms with Crippen LogP contribution >= 0.6 is 11.3 Å². The van der Waals surface area contributed by atoms with Gasteiger partial charge in [-0.15, -0.1) is 11.3 Å². The molecular formula is C16H17N5O2S. The summed E-state index contributed by atoms with van der Waals surface area (Å²) < 4.78 is 1.69. The Bertz CT molecular complexity index is 1000. The van der Waals surface area contributed by atoms with E-state index < -0.39 is 0 Å². The molecule has 1 aliphatic rings. The fourth-order valence-corrected chi connectivity index (χ4v) is 3.92. The molecule has 3 aromatic rings. The van der Waals surface area contributed by atoms with Crippen LogP contribution < -0.4 is 15.9 Å². The van der Waals surface area contributed by atoms with Crippen molar-refractivity contribution >= 4 is 43.4 Å². The minimum atomic E-state index is -0.264. The Labute approximate surface area is 141 Å². The standard InChI is InChI=1S/C16H17N5O2S/c1-20(2)10-6-7-17-15-11(10)12-13(24-15)16(23)21(8-18-12)19-14(22)9-4-3-5-9/h6-9H,3-5H2,1-2H3,(H,19,22). The third kappa shape index (κ3) is 2.25. The van der Waals surface area contributed by atoms with E-state index in [2.05, 4.69) is 15.4 Å². The van der Waals surface area contributed by atoms with Crippen molar-refractivity contribution in [3.8, 4) is 0 Å². The predicted octanol–water partition coefficient (Wildman–Crippen LogP) is 1.94. The summed E-state index contributed by atoms with van der Waals surface area (Å²) in [5, 5.41) is 0.872. The number of nitrogens with zero attached hydrogens (tertiary/aromatic N) is 4. The highest BCUT2D eigenvalue weighted by atomic mass is 32.1. The summed E-state index contributed by atoms with van der Waals surface area (Å²) in [6.07, 6.45) is 5.95. The van der Waals surface area contributed by atoms with Crippen LogP contribution in [0.4, 0.5) is 5.69 Å². The number of hydrogen-bond acceptors (Lipinski definition) is 6. The molecule has 0 atom stereocenters. The molecule has 0 bridgehead atoms. The smallest absolute Gasteiger partial charge is 0.290 e. The molecule has 0 saturated heterocycles. The predicted molar refractivity (Wildman–Crippen MR) is 95.2 cm³/mol. The molecule has 1 fully saturated rings. The molecule has 3 aromatic heterocycles. The average Bonchev–Trinajstić information content (AvgIpc) is 2.87. The Morgan fingerprint density at radius 3 is 2.83 bits per heavy atom. The molecule has 7 nitrogen and oxygen atoms in total. The summed E-state index contributed by atoms with van der Waals surface area (Å²) in [5.41, 5.74) is 4.00. The van der Waals surface area contributed by atoms with Crippen LogP contribution in [-0.2, 0) is 4.79 Å². The van der Waals surface area contributed by atoms with Gasteiger partial charge < -0.3 is 4.90 Å². The van der Waals surface area contributed by atoms with Crippen molar-refractivity contribution in [1.29, 1.82) is 0 Å². The van der Waals surface area contributed by atoms with Crippen molar-refractivity contribution in [3.05, 3.63) is 28.9 Å². The SMILES string of the molecule is CN(C)c1ccnc2sc3c(=O)n(NC(=O)C4CCC4)cnc3c12. The topological polar surface area (TPSA) is 80.1 Å². The highest BCUT2D eigenvalue weighted by Crippen LogP contribution is 2.35. The third-order valence-electron chi connectivity index (χ3n) is 4.45. The Morgan fingerprint density at radius 1 is 1.38 bits per heavy atom. The van der Waals surface area contributed by atoms with Gasteiger partial charge in [0, 0.05) is 26.2 Å². The zero-order valence-corrected chi connectivity index (χ0v) is 14.3. The Morgan fingerprint density at radius 2 is 2.17 bits per heavy atom.